The third-order valence-corrected chi connectivity index (χ3v) is 4.68. The first kappa shape index (κ1) is 20.4. The molecular formula is C23H20ClNO4. The third-order valence-electron chi connectivity index (χ3n) is 4.27. The number of benzene rings is 3. The van der Waals surface area contributed by atoms with Gasteiger partial charge in [-0.2, -0.15) is 0 Å². The number of nitrogens with zero attached hydrogens (tertiary/aromatic N) is 1. The number of carbonyl (C=O) groups is 1. The number of methoxy groups -OCH3 is 1. The van der Waals surface area contributed by atoms with Gasteiger partial charge in [0.05, 0.1) is 18.4 Å². The highest BCUT2D eigenvalue weighted by Crippen LogP contribution is 2.29. The van der Waals surface area contributed by atoms with Gasteiger partial charge in [-0.1, -0.05) is 29.8 Å². The summed E-state index contributed by atoms with van der Waals surface area (Å²) in [5.74, 6) is 0.150. The lowest BCUT2D eigenvalue weighted by Crippen LogP contribution is -2.01. The Balaban J connectivity index is 1.73. The number of aryl methyl sites for hydroxylation is 1. The normalized spacial score (nSPS) is 10.9. The second-order valence-corrected chi connectivity index (χ2v) is 6.80. The molecule has 3 aromatic rings. The fourth-order valence-corrected chi connectivity index (χ4v) is 2.82. The van der Waals surface area contributed by atoms with Crippen molar-refractivity contribution in [1.82, 2.24) is 0 Å². The van der Waals surface area contributed by atoms with Gasteiger partial charge in [-0.25, -0.2) is 4.79 Å². The number of halogens is 1. The summed E-state index contributed by atoms with van der Waals surface area (Å²) < 4.78 is 11.2. The Hall–Kier alpha value is -3.31. The molecule has 0 amide bonds. The molecule has 0 aliphatic carbocycles. The molecule has 6 heteroatoms. The molecule has 0 saturated carbocycles. The monoisotopic (exact) mass is 409 g/mol. The fourth-order valence-electron chi connectivity index (χ4n) is 2.65. The van der Waals surface area contributed by atoms with Crippen molar-refractivity contribution < 1.29 is 19.4 Å². The van der Waals surface area contributed by atoms with Crippen molar-refractivity contribution in [3.63, 3.8) is 0 Å². The Morgan fingerprint density at radius 2 is 1.93 bits per heavy atom. The van der Waals surface area contributed by atoms with Gasteiger partial charge in [0.2, 0.25) is 0 Å². The number of hydrogen-bond donors (Lipinski definition) is 1. The number of carboxylic acid groups (broad SMARTS) is 1. The van der Waals surface area contributed by atoms with Gasteiger partial charge < -0.3 is 14.6 Å². The van der Waals surface area contributed by atoms with Crippen molar-refractivity contribution in [3.05, 3.63) is 87.9 Å². The predicted octanol–water partition coefficient (Wildman–Crippen LogP) is 5.68. The minimum absolute atomic E-state index is 0.223. The van der Waals surface area contributed by atoms with Gasteiger partial charge in [0.25, 0.3) is 0 Å². The zero-order chi connectivity index (χ0) is 20.8. The zero-order valence-electron chi connectivity index (χ0n) is 16.1. The van der Waals surface area contributed by atoms with Crippen LogP contribution in [0.4, 0.5) is 5.69 Å². The molecule has 0 aliphatic rings. The van der Waals surface area contributed by atoms with E-state index in [1.165, 1.54) is 0 Å². The maximum atomic E-state index is 11.1. The number of ether oxygens (including phenoxy) is 2. The molecule has 0 spiro atoms. The summed E-state index contributed by atoms with van der Waals surface area (Å²) in [5, 5.41) is 9.76. The Kier molecular flexibility index (Phi) is 6.52. The lowest BCUT2D eigenvalue weighted by Gasteiger charge is -2.11. The summed E-state index contributed by atoms with van der Waals surface area (Å²) in [6.07, 6.45) is 1.73. The minimum Gasteiger partial charge on any atom is -0.493 e. The van der Waals surface area contributed by atoms with Gasteiger partial charge >= 0.3 is 5.97 Å². The van der Waals surface area contributed by atoms with E-state index in [0.29, 0.717) is 16.5 Å². The standard InChI is InChI=1S/C23H20ClNO4/c1-15-6-8-19(12-20(15)24)25-13-16-7-9-21(22(11-16)28-2)29-14-17-4-3-5-18(10-17)23(26)27/h3-13H,14H2,1-2H3,(H,26,27). The van der Waals surface area contributed by atoms with Crippen LogP contribution in [-0.2, 0) is 6.61 Å². The highest BCUT2D eigenvalue weighted by molar-refractivity contribution is 6.31. The molecule has 0 atom stereocenters. The second-order valence-electron chi connectivity index (χ2n) is 6.40. The van der Waals surface area contributed by atoms with E-state index in [1.807, 2.05) is 43.3 Å². The first-order chi connectivity index (χ1) is 14.0. The molecule has 0 fully saturated rings. The first-order valence-corrected chi connectivity index (χ1v) is 9.27. The Labute approximate surface area is 174 Å². The van der Waals surface area contributed by atoms with Gasteiger partial charge in [0.1, 0.15) is 6.61 Å². The molecule has 0 bridgehead atoms. The van der Waals surface area contributed by atoms with Gasteiger partial charge in [0.15, 0.2) is 11.5 Å². The second kappa shape index (κ2) is 9.26. The topological polar surface area (TPSA) is 68.1 Å². The summed E-state index contributed by atoms with van der Waals surface area (Å²) in [5.41, 5.74) is 3.59. The lowest BCUT2D eigenvalue weighted by molar-refractivity contribution is 0.0696. The fraction of sp³-hybridized carbons (Fsp3) is 0.130. The van der Waals surface area contributed by atoms with Crippen LogP contribution in [0.25, 0.3) is 0 Å². The van der Waals surface area contributed by atoms with Crippen LogP contribution in [-0.4, -0.2) is 24.4 Å². The predicted molar refractivity (Wildman–Crippen MR) is 114 cm³/mol. The number of carboxylic acids is 1. The van der Waals surface area contributed by atoms with Crippen LogP contribution in [0.1, 0.15) is 27.0 Å². The van der Waals surface area contributed by atoms with E-state index < -0.39 is 5.97 Å². The van der Waals surface area contributed by atoms with Crippen molar-refractivity contribution in [3.8, 4) is 11.5 Å². The van der Waals surface area contributed by atoms with Crippen LogP contribution in [0.2, 0.25) is 5.02 Å². The number of aromatic carboxylic acids is 1. The Morgan fingerprint density at radius 3 is 2.66 bits per heavy atom. The highest BCUT2D eigenvalue weighted by Gasteiger charge is 2.08. The first-order valence-electron chi connectivity index (χ1n) is 8.89. The molecule has 1 N–H and O–H groups in total. The van der Waals surface area contributed by atoms with Crippen molar-refractivity contribution >= 4 is 29.5 Å². The third kappa shape index (κ3) is 5.36. The Bertz CT molecular complexity index is 1060. The van der Waals surface area contributed by atoms with Crippen molar-refractivity contribution in [1.29, 1.82) is 0 Å². The number of hydrogen-bond acceptors (Lipinski definition) is 4. The highest BCUT2D eigenvalue weighted by atomic mass is 35.5. The summed E-state index contributed by atoms with van der Waals surface area (Å²) in [4.78, 5) is 15.5. The molecule has 3 aromatic carbocycles. The number of rotatable bonds is 7. The lowest BCUT2D eigenvalue weighted by atomic mass is 10.1. The molecule has 0 heterocycles. The molecule has 0 unspecified atom stereocenters. The minimum atomic E-state index is -0.970. The van der Waals surface area contributed by atoms with Crippen LogP contribution >= 0.6 is 11.6 Å². The summed E-state index contributed by atoms with van der Waals surface area (Å²) in [7, 11) is 1.56. The van der Waals surface area contributed by atoms with E-state index in [1.54, 1.807) is 37.6 Å². The molecule has 0 aromatic heterocycles. The van der Waals surface area contributed by atoms with Gasteiger partial charge in [-0.15, -0.1) is 0 Å². The van der Waals surface area contributed by atoms with Crippen LogP contribution in [0, 0.1) is 6.92 Å². The van der Waals surface area contributed by atoms with E-state index >= 15 is 0 Å². The van der Waals surface area contributed by atoms with Crippen molar-refractivity contribution in [2.24, 2.45) is 4.99 Å². The SMILES string of the molecule is COc1cc(C=Nc2ccc(C)c(Cl)c2)ccc1OCc1cccc(C(=O)O)c1. The van der Waals surface area contributed by atoms with Gasteiger partial charge in [-0.3, -0.25) is 4.99 Å². The van der Waals surface area contributed by atoms with E-state index in [4.69, 9.17) is 26.2 Å². The van der Waals surface area contributed by atoms with Crippen LogP contribution < -0.4 is 9.47 Å². The summed E-state index contributed by atoms with van der Waals surface area (Å²) in [6.45, 7) is 2.17. The van der Waals surface area contributed by atoms with Crippen molar-refractivity contribution in [2.45, 2.75) is 13.5 Å². The zero-order valence-corrected chi connectivity index (χ0v) is 16.8. The van der Waals surface area contributed by atoms with E-state index in [0.717, 1.165) is 22.4 Å². The maximum absolute atomic E-state index is 11.1. The molecule has 0 saturated heterocycles. The summed E-state index contributed by atoms with van der Waals surface area (Å²) in [6, 6.07) is 17.8. The van der Waals surface area contributed by atoms with E-state index in [-0.39, 0.29) is 12.2 Å². The molecule has 5 nitrogen and oxygen atoms in total. The van der Waals surface area contributed by atoms with Gasteiger partial charge in [0, 0.05) is 11.2 Å². The van der Waals surface area contributed by atoms with Gasteiger partial charge in [-0.05, 0) is 66.1 Å². The average molecular weight is 410 g/mol. The quantitative estimate of drug-likeness (QED) is 0.509. The largest absolute Gasteiger partial charge is 0.493 e. The molecule has 148 valence electrons. The Morgan fingerprint density at radius 1 is 1.10 bits per heavy atom. The van der Waals surface area contributed by atoms with E-state index in [9.17, 15) is 4.79 Å². The summed E-state index contributed by atoms with van der Waals surface area (Å²) >= 11 is 6.13. The molecule has 0 aliphatic heterocycles. The van der Waals surface area contributed by atoms with Crippen molar-refractivity contribution in [2.75, 3.05) is 7.11 Å². The van der Waals surface area contributed by atoms with E-state index in [2.05, 4.69) is 4.99 Å². The molecule has 3 rings (SSSR count). The molecule has 0 radical (unpaired) electrons. The molecule has 29 heavy (non-hydrogen) atoms. The molecular weight excluding hydrogens is 390 g/mol. The smallest absolute Gasteiger partial charge is 0.335 e. The van der Waals surface area contributed by atoms with Crippen LogP contribution in [0.3, 0.4) is 0 Å². The number of aliphatic imine (C=N–C) groups is 1. The average Bonchev–Trinajstić information content (AvgIpc) is 2.73. The van der Waals surface area contributed by atoms with Crippen LogP contribution in [0.15, 0.2) is 65.7 Å². The maximum Gasteiger partial charge on any atom is 0.335 e. The van der Waals surface area contributed by atoms with Crippen LogP contribution in [0.5, 0.6) is 11.5 Å².